The third-order valence-corrected chi connectivity index (χ3v) is 1.87. The predicted molar refractivity (Wildman–Crippen MR) is 59.9 cm³/mol. The molecule has 3 heteroatoms. The molecule has 0 saturated heterocycles. The average Bonchev–Trinajstić information content (AvgIpc) is 2.26. The van der Waals surface area contributed by atoms with E-state index >= 15 is 0 Å². The molecule has 0 aliphatic rings. The molecule has 84 valence electrons. The van der Waals surface area contributed by atoms with E-state index in [9.17, 15) is 0 Å². The molecular formula is C12H18O3. The Morgan fingerprint density at radius 2 is 1.53 bits per heavy atom. The van der Waals surface area contributed by atoms with Gasteiger partial charge in [0.05, 0.1) is 20.3 Å². The van der Waals surface area contributed by atoms with Crippen LogP contribution in [0.4, 0.5) is 0 Å². The third kappa shape index (κ3) is 3.70. The number of hydrogen-bond donors (Lipinski definition) is 0. The number of benzene rings is 1. The maximum Gasteiger partial charge on any atom is 0.126 e. The van der Waals surface area contributed by atoms with Crippen LogP contribution in [-0.2, 0) is 0 Å². The minimum absolute atomic E-state index is 0.639. The maximum atomic E-state index is 5.52. The van der Waals surface area contributed by atoms with Crippen molar-refractivity contribution in [3.8, 4) is 17.2 Å². The highest BCUT2D eigenvalue weighted by Crippen LogP contribution is 2.27. The topological polar surface area (TPSA) is 27.7 Å². The van der Waals surface area contributed by atoms with Gasteiger partial charge in [-0.15, -0.1) is 0 Å². The van der Waals surface area contributed by atoms with E-state index in [1.54, 1.807) is 7.11 Å². The van der Waals surface area contributed by atoms with Gasteiger partial charge in [0.25, 0.3) is 0 Å². The second-order valence-electron chi connectivity index (χ2n) is 3.13. The monoisotopic (exact) mass is 210 g/mol. The molecule has 15 heavy (non-hydrogen) atoms. The summed E-state index contributed by atoms with van der Waals surface area (Å²) in [5, 5.41) is 0. The van der Waals surface area contributed by atoms with Crippen molar-refractivity contribution < 1.29 is 14.2 Å². The molecule has 0 spiro atoms. The Morgan fingerprint density at radius 1 is 0.933 bits per heavy atom. The van der Waals surface area contributed by atoms with Crippen LogP contribution in [0.2, 0.25) is 0 Å². The van der Waals surface area contributed by atoms with Crippen molar-refractivity contribution in [3.63, 3.8) is 0 Å². The Kier molecular flexibility index (Phi) is 4.81. The van der Waals surface area contributed by atoms with Gasteiger partial charge in [0, 0.05) is 18.2 Å². The summed E-state index contributed by atoms with van der Waals surface area (Å²) in [5.74, 6) is 2.33. The first-order valence-corrected chi connectivity index (χ1v) is 5.24. The van der Waals surface area contributed by atoms with E-state index in [4.69, 9.17) is 14.2 Å². The Balaban J connectivity index is 2.79. The summed E-state index contributed by atoms with van der Waals surface area (Å²) in [5.41, 5.74) is 0. The minimum atomic E-state index is 0.639. The largest absolute Gasteiger partial charge is 0.496 e. The van der Waals surface area contributed by atoms with E-state index in [-0.39, 0.29) is 0 Å². The first-order valence-electron chi connectivity index (χ1n) is 5.24. The van der Waals surface area contributed by atoms with Crippen LogP contribution in [0.1, 0.15) is 20.3 Å². The van der Waals surface area contributed by atoms with E-state index in [0.29, 0.717) is 13.2 Å². The van der Waals surface area contributed by atoms with Gasteiger partial charge in [0.15, 0.2) is 0 Å². The molecule has 1 rings (SSSR count). The number of rotatable bonds is 6. The molecule has 0 aliphatic heterocycles. The van der Waals surface area contributed by atoms with Crippen molar-refractivity contribution in [2.75, 3.05) is 20.3 Å². The molecule has 0 atom stereocenters. The van der Waals surface area contributed by atoms with Crippen LogP contribution < -0.4 is 14.2 Å². The summed E-state index contributed by atoms with van der Waals surface area (Å²) >= 11 is 0. The fourth-order valence-corrected chi connectivity index (χ4v) is 1.22. The molecule has 0 fully saturated rings. The van der Waals surface area contributed by atoms with Crippen LogP contribution >= 0.6 is 0 Å². The molecule has 1 aromatic carbocycles. The van der Waals surface area contributed by atoms with Crippen LogP contribution in [0, 0.1) is 0 Å². The SMILES string of the molecule is CCCOc1cc(OC)cc(OCC)c1. The molecule has 0 amide bonds. The van der Waals surface area contributed by atoms with Crippen LogP contribution in [0.15, 0.2) is 18.2 Å². The van der Waals surface area contributed by atoms with E-state index in [1.807, 2.05) is 25.1 Å². The Labute approximate surface area is 91.0 Å². The number of hydrogen-bond acceptors (Lipinski definition) is 3. The zero-order valence-electron chi connectivity index (χ0n) is 9.58. The highest BCUT2D eigenvalue weighted by atomic mass is 16.5. The number of ether oxygens (including phenoxy) is 3. The molecule has 0 saturated carbocycles. The summed E-state index contributed by atoms with van der Waals surface area (Å²) < 4.78 is 16.1. The predicted octanol–water partition coefficient (Wildman–Crippen LogP) is 2.88. The Morgan fingerprint density at radius 3 is 2.07 bits per heavy atom. The lowest BCUT2D eigenvalue weighted by atomic mass is 10.3. The highest BCUT2D eigenvalue weighted by molar-refractivity contribution is 5.42. The molecule has 0 unspecified atom stereocenters. The van der Waals surface area contributed by atoms with Crippen LogP contribution in [0.5, 0.6) is 17.2 Å². The average molecular weight is 210 g/mol. The zero-order valence-corrected chi connectivity index (χ0v) is 9.58. The van der Waals surface area contributed by atoms with Gasteiger partial charge in [-0.25, -0.2) is 0 Å². The summed E-state index contributed by atoms with van der Waals surface area (Å²) in [6, 6.07) is 5.59. The van der Waals surface area contributed by atoms with Crippen molar-refractivity contribution in [3.05, 3.63) is 18.2 Å². The van der Waals surface area contributed by atoms with Crippen molar-refractivity contribution in [1.29, 1.82) is 0 Å². The molecule has 1 aromatic rings. The normalized spacial score (nSPS) is 9.80. The first kappa shape index (κ1) is 11.7. The van der Waals surface area contributed by atoms with E-state index in [0.717, 1.165) is 23.7 Å². The van der Waals surface area contributed by atoms with Crippen LogP contribution in [0.25, 0.3) is 0 Å². The molecule has 0 radical (unpaired) electrons. The van der Waals surface area contributed by atoms with Gasteiger partial charge in [-0.3, -0.25) is 0 Å². The van der Waals surface area contributed by atoms with E-state index in [2.05, 4.69) is 6.92 Å². The lowest BCUT2D eigenvalue weighted by Gasteiger charge is -2.10. The fraction of sp³-hybridized carbons (Fsp3) is 0.500. The molecule has 3 nitrogen and oxygen atoms in total. The maximum absolute atomic E-state index is 5.52. The van der Waals surface area contributed by atoms with Crippen LogP contribution in [-0.4, -0.2) is 20.3 Å². The molecule has 0 aliphatic carbocycles. The summed E-state index contributed by atoms with van der Waals surface area (Å²) in [4.78, 5) is 0. The van der Waals surface area contributed by atoms with Gasteiger partial charge in [-0.1, -0.05) is 6.92 Å². The smallest absolute Gasteiger partial charge is 0.126 e. The van der Waals surface area contributed by atoms with E-state index < -0.39 is 0 Å². The molecular weight excluding hydrogens is 192 g/mol. The first-order chi connectivity index (χ1) is 7.30. The Hall–Kier alpha value is -1.38. The standard InChI is InChI=1S/C12H18O3/c1-4-6-15-12-8-10(13-3)7-11(9-12)14-5-2/h7-9H,4-6H2,1-3H3. The van der Waals surface area contributed by atoms with Crippen LogP contribution in [0.3, 0.4) is 0 Å². The van der Waals surface area contributed by atoms with Crippen molar-refractivity contribution in [2.24, 2.45) is 0 Å². The highest BCUT2D eigenvalue weighted by Gasteiger charge is 2.02. The van der Waals surface area contributed by atoms with E-state index in [1.165, 1.54) is 0 Å². The minimum Gasteiger partial charge on any atom is -0.496 e. The van der Waals surface area contributed by atoms with Gasteiger partial charge in [-0.2, -0.15) is 0 Å². The third-order valence-electron chi connectivity index (χ3n) is 1.87. The molecule has 0 N–H and O–H groups in total. The van der Waals surface area contributed by atoms with Gasteiger partial charge < -0.3 is 14.2 Å². The van der Waals surface area contributed by atoms with Gasteiger partial charge in [-0.05, 0) is 13.3 Å². The lowest BCUT2D eigenvalue weighted by Crippen LogP contribution is -1.97. The van der Waals surface area contributed by atoms with Gasteiger partial charge in [0.1, 0.15) is 17.2 Å². The van der Waals surface area contributed by atoms with Crippen molar-refractivity contribution in [2.45, 2.75) is 20.3 Å². The second-order valence-corrected chi connectivity index (χ2v) is 3.13. The summed E-state index contributed by atoms with van der Waals surface area (Å²) in [6.07, 6.45) is 0.987. The molecule has 0 bridgehead atoms. The van der Waals surface area contributed by atoms with Crippen molar-refractivity contribution >= 4 is 0 Å². The summed E-state index contributed by atoms with van der Waals surface area (Å²) in [6.45, 7) is 5.37. The molecule has 0 aromatic heterocycles. The summed E-state index contributed by atoms with van der Waals surface area (Å²) in [7, 11) is 1.63. The quantitative estimate of drug-likeness (QED) is 0.722. The molecule has 0 heterocycles. The second kappa shape index (κ2) is 6.17. The fourth-order valence-electron chi connectivity index (χ4n) is 1.22. The Bertz CT molecular complexity index is 297. The lowest BCUT2D eigenvalue weighted by molar-refractivity contribution is 0.304. The zero-order chi connectivity index (χ0) is 11.1. The van der Waals surface area contributed by atoms with Gasteiger partial charge in [0.2, 0.25) is 0 Å². The van der Waals surface area contributed by atoms with Crippen molar-refractivity contribution in [1.82, 2.24) is 0 Å². The van der Waals surface area contributed by atoms with Gasteiger partial charge >= 0.3 is 0 Å². The number of methoxy groups -OCH3 is 1.